The second kappa shape index (κ2) is 5.87. The molecule has 2 aromatic rings. The van der Waals surface area contributed by atoms with Crippen LogP contribution in [0, 0.1) is 0 Å². The molecule has 92 valence electrons. The summed E-state index contributed by atoms with van der Waals surface area (Å²) in [5.74, 6) is 0.770. The molecule has 0 amide bonds. The van der Waals surface area contributed by atoms with Gasteiger partial charge in [0.2, 0.25) is 0 Å². The van der Waals surface area contributed by atoms with Crippen LogP contribution in [0.2, 0.25) is 0 Å². The van der Waals surface area contributed by atoms with Crippen molar-refractivity contribution >= 4 is 5.71 Å². The average Bonchev–Trinajstić information content (AvgIpc) is 2.42. The van der Waals surface area contributed by atoms with Gasteiger partial charge in [0.1, 0.15) is 11.5 Å². The average molecular weight is 241 g/mol. The summed E-state index contributed by atoms with van der Waals surface area (Å²) >= 11 is 0. The molecule has 3 nitrogen and oxygen atoms in total. The monoisotopic (exact) mass is 241 g/mol. The van der Waals surface area contributed by atoms with E-state index in [0.29, 0.717) is 12.3 Å². The minimum atomic E-state index is 0.539. The van der Waals surface area contributed by atoms with Gasteiger partial charge in [0.15, 0.2) is 0 Å². The first-order valence-electron chi connectivity index (χ1n) is 5.86. The van der Waals surface area contributed by atoms with Crippen molar-refractivity contribution in [1.29, 1.82) is 0 Å². The summed E-state index contributed by atoms with van der Waals surface area (Å²) in [6.45, 7) is 2.55. The molecule has 0 saturated carbocycles. The highest BCUT2D eigenvalue weighted by Crippen LogP contribution is 2.17. The zero-order valence-corrected chi connectivity index (χ0v) is 10.2. The van der Waals surface area contributed by atoms with Gasteiger partial charge >= 0.3 is 0 Å². The maximum Gasteiger partial charge on any atom is 0.119 e. The van der Waals surface area contributed by atoms with Crippen molar-refractivity contribution in [2.75, 3.05) is 6.61 Å². The van der Waals surface area contributed by atoms with Crippen LogP contribution in [0.5, 0.6) is 5.75 Å². The quantitative estimate of drug-likeness (QED) is 0.507. The summed E-state index contributed by atoms with van der Waals surface area (Å²) in [5.41, 5.74) is 2.24. The molecule has 0 aliphatic rings. The topological polar surface area (TPSA) is 41.8 Å². The number of oxime groups is 1. The predicted octanol–water partition coefficient (Wildman–Crippen LogP) is 3.31. The Balaban J connectivity index is 2.37. The Kier molecular flexibility index (Phi) is 3.97. The number of benzene rings is 2. The van der Waals surface area contributed by atoms with E-state index in [0.717, 1.165) is 16.9 Å². The lowest BCUT2D eigenvalue weighted by Gasteiger charge is -2.07. The van der Waals surface area contributed by atoms with Gasteiger partial charge in [-0.05, 0) is 19.1 Å². The fourth-order valence-electron chi connectivity index (χ4n) is 1.78. The SMILES string of the molecule is CCOc1cccc(C(=NO)c2ccccc2)c1. The molecule has 18 heavy (non-hydrogen) atoms. The molecule has 3 heteroatoms. The van der Waals surface area contributed by atoms with Crippen LogP contribution in [0.1, 0.15) is 18.1 Å². The van der Waals surface area contributed by atoms with E-state index >= 15 is 0 Å². The van der Waals surface area contributed by atoms with Crippen molar-refractivity contribution < 1.29 is 9.94 Å². The van der Waals surface area contributed by atoms with E-state index in [1.807, 2.05) is 61.5 Å². The zero-order valence-electron chi connectivity index (χ0n) is 10.2. The fourth-order valence-corrected chi connectivity index (χ4v) is 1.78. The molecule has 0 heterocycles. The van der Waals surface area contributed by atoms with Crippen molar-refractivity contribution in [2.45, 2.75) is 6.92 Å². The van der Waals surface area contributed by atoms with E-state index in [1.54, 1.807) is 0 Å². The molecule has 0 bridgehead atoms. The van der Waals surface area contributed by atoms with Gasteiger partial charge in [-0.3, -0.25) is 0 Å². The van der Waals surface area contributed by atoms with Crippen molar-refractivity contribution in [3.63, 3.8) is 0 Å². The molecule has 0 unspecified atom stereocenters. The molecule has 2 aromatic carbocycles. The van der Waals surface area contributed by atoms with Gasteiger partial charge in [-0.2, -0.15) is 0 Å². The lowest BCUT2D eigenvalue weighted by atomic mass is 10.0. The third kappa shape index (κ3) is 2.69. The Hall–Kier alpha value is -2.29. The molecule has 0 spiro atoms. The Labute approximate surface area is 106 Å². The minimum absolute atomic E-state index is 0.539. The van der Waals surface area contributed by atoms with Gasteiger partial charge in [0.25, 0.3) is 0 Å². The summed E-state index contributed by atoms with van der Waals surface area (Å²) in [6.07, 6.45) is 0. The van der Waals surface area contributed by atoms with Crippen molar-refractivity contribution in [1.82, 2.24) is 0 Å². The molecule has 0 aliphatic heterocycles. The maximum atomic E-state index is 9.20. The number of hydrogen-bond donors (Lipinski definition) is 1. The van der Waals surface area contributed by atoms with Gasteiger partial charge < -0.3 is 9.94 Å². The molecule has 0 radical (unpaired) electrons. The molecule has 1 N–H and O–H groups in total. The van der Waals surface area contributed by atoms with E-state index in [9.17, 15) is 5.21 Å². The van der Waals surface area contributed by atoms with Gasteiger partial charge in [0, 0.05) is 11.1 Å². The van der Waals surface area contributed by atoms with Crippen LogP contribution >= 0.6 is 0 Å². The largest absolute Gasteiger partial charge is 0.494 e. The summed E-state index contributed by atoms with van der Waals surface area (Å²) in [4.78, 5) is 0. The molecule has 2 rings (SSSR count). The summed E-state index contributed by atoms with van der Waals surface area (Å²) in [7, 11) is 0. The third-order valence-corrected chi connectivity index (χ3v) is 2.57. The van der Waals surface area contributed by atoms with E-state index in [-0.39, 0.29) is 0 Å². The van der Waals surface area contributed by atoms with E-state index < -0.39 is 0 Å². The first-order chi connectivity index (χ1) is 8.85. The zero-order chi connectivity index (χ0) is 12.8. The first kappa shape index (κ1) is 12.2. The highest BCUT2D eigenvalue weighted by Gasteiger charge is 2.08. The van der Waals surface area contributed by atoms with Crippen molar-refractivity contribution in [2.24, 2.45) is 5.16 Å². The standard InChI is InChI=1S/C15H15NO2/c1-2-18-14-10-6-9-13(11-14)15(16-17)12-7-4-3-5-8-12/h3-11,17H,2H2,1H3. The molecule has 0 saturated heterocycles. The predicted molar refractivity (Wildman–Crippen MR) is 71.5 cm³/mol. The Bertz CT molecular complexity index is 535. The van der Waals surface area contributed by atoms with Crippen molar-refractivity contribution in [3.8, 4) is 5.75 Å². The normalized spacial score (nSPS) is 11.3. The molecular formula is C15H15NO2. The molecule has 0 fully saturated rings. The van der Waals surface area contributed by atoms with Crippen LogP contribution in [0.25, 0.3) is 0 Å². The Morgan fingerprint density at radius 1 is 1.06 bits per heavy atom. The third-order valence-electron chi connectivity index (χ3n) is 2.57. The smallest absolute Gasteiger partial charge is 0.119 e. The van der Waals surface area contributed by atoms with E-state index in [2.05, 4.69) is 5.16 Å². The van der Waals surface area contributed by atoms with Crippen LogP contribution in [0.3, 0.4) is 0 Å². The Morgan fingerprint density at radius 3 is 2.44 bits per heavy atom. The van der Waals surface area contributed by atoms with Crippen molar-refractivity contribution in [3.05, 3.63) is 65.7 Å². The lowest BCUT2D eigenvalue weighted by Crippen LogP contribution is -2.03. The van der Waals surface area contributed by atoms with Crippen LogP contribution in [-0.2, 0) is 0 Å². The lowest BCUT2D eigenvalue weighted by molar-refractivity contribution is 0.319. The van der Waals surface area contributed by atoms with Crippen LogP contribution in [0.15, 0.2) is 59.8 Å². The summed E-state index contributed by atoms with van der Waals surface area (Å²) in [6, 6.07) is 17.1. The number of ether oxygens (including phenoxy) is 1. The summed E-state index contributed by atoms with van der Waals surface area (Å²) in [5, 5.41) is 12.6. The summed E-state index contributed by atoms with van der Waals surface area (Å²) < 4.78 is 5.44. The van der Waals surface area contributed by atoms with Crippen LogP contribution in [-0.4, -0.2) is 17.5 Å². The second-order valence-corrected chi connectivity index (χ2v) is 3.78. The highest BCUT2D eigenvalue weighted by molar-refractivity contribution is 6.12. The second-order valence-electron chi connectivity index (χ2n) is 3.78. The van der Waals surface area contributed by atoms with Crippen LogP contribution < -0.4 is 4.74 Å². The molecule has 0 aromatic heterocycles. The number of hydrogen-bond acceptors (Lipinski definition) is 3. The molecular weight excluding hydrogens is 226 g/mol. The highest BCUT2D eigenvalue weighted by atomic mass is 16.5. The number of rotatable bonds is 4. The van der Waals surface area contributed by atoms with E-state index in [4.69, 9.17) is 4.74 Å². The minimum Gasteiger partial charge on any atom is -0.494 e. The van der Waals surface area contributed by atoms with Crippen LogP contribution in [0.4, 0.5) is 0 Å². The maximum absolute atomic E-state index is 9.20. The van der Waals surface area contributed by atoms with Gasteiger partial charge in [-0.15, -0.1) is 0 Å². The van der Waals surface area contributed by atoms with Gasteiger partial charge in [-0.25, -0.2) is 0 Å². The first-order valence-corrected chi connectivity index (χ1v) is 5.86. The fraction of sp³-hybridized carbons (Fsp3) is 0.133. The molecule has 0 atom stereocenters. The Morgan fingerprint density at radius 2 is 1.78 bits per heavy atom. The number of nitrogens with zero attached hydrogens (tertiary/aromatic N) is 1. The van der Waals surface area contributed by atoms with E-state index in [1.165, 1.54) is 0 Å². The molecule has 0 aliphatic carbocycles. The van der Waals surface area contributed by atoms with Gasteiger partial charge in [-0.1, -0.05) is 47.6 Å². The van der Waals surface area contributed by atoms with Gasteiger partial charge in [0.05, 0.1) is 6.61 Å².